The molecule has 0 rings (SSSR count). The van der Waals surface area contributed by atoms with Crippen LogP contribution in [0.4, 0.5) is 0 Å². The number of hydrogen-bond acceptors (Lipinski definition) is 7. The van der Waals surface area contributed by atoms with Gasteiger partial charge in [0.2, 0.25) is 0 Å². The van der Waals surface area contributed by atoms with Crippen LogP contribution in [-0.2, 0) is 19.1 Å². The van der Waals surface area contributed by atoms with Gasteiger partial charge in [0.15, 0.2) is 6.10 Å². The van der Waals surface area contributed by atoms with Crippen molar-refractivity contribution in [2.45, 2.75) is 142 Å². The molecule has 0 aromatic carbocycles. The summed E-state index contributed by atoms with van der Waals surface area (Å²) in [5, 5.41) is 29.3. The Kier molecular flexibility index (Phi) is 30.3. The number of carbonyl (C=O) groups is 2. The topological polar surface area (TPSA) is 113 Å². The van der Waals surface area contributed by atoms with Gasteiger partial charge in [-0.05, 0) is 44.4 Å². The van der Waals surface area contributed by atoms with Gasteiger partial charge in [-0.3, -0.25) is 9.59 Å². The summed E-state index contributed by atoms with van der Waals surface area (Å²) in [5.41, 5.74) is 0. The van der Waals surface area contributed by atoms with Crippen molar-refractivity contribution in [3.05, 3.63) is 72.9 Å². The molecule has 0 saturated heterocycles. The Morgan fingerprint density at radius 1 is 0.696 bits per heavy atom. The van der Waals surface area contributed by atoms with Gasteiger partial charge in [0.25, 0.3) is 0 Å². The second kappa shape index (κ2) is 32.2. The Labute approximate surface area is 279 Å². The van der Waals surface area contributed by atoms with E-state index in [-0.39, 0.29) is 19.0 Å². The molecule has 7 nitrogen and oxygen atoms in total. The van der Waals surface area contributed by atoms with Gasteiger partial charge in [0.05, 0.1) is 18.8 Å². The van der Waals surface area contributed by atoms with Crippen LogP contribution in [0.25, 0.3) is 0 Å². The molecule has 0 spiro atoms. The molecule has 0 aromatic rings. The van der Waals surface area contributed by atoms with Crippen molar-refractivity contribution >= 4 is 11.9 Å². The number of rotatable bonds is 29. The van der Waals surface area contributed by atoms with Crippen LogP contribution < -0.4 is 0 Å². The highest BCUT2D eigenvalue weighted by molar-refractivity contribution is 5.70. The van der Waals surface area contributed by atoms with Crippen LogP contribution >= 0.6 is 0 Å². The predicted octanol–water partition coefficient (Wildman–Crippen LogP) is 8.41. The van der Waals surface area contributed by atoms with Gasteiger partial charge >= 0.3 is 11.9 Å². The third-order valence-corrected chi connectivity index (χ3v) is 7.12. The lowest BCUT2D eigenvalue weighted by molar-refractivity contribution is -0.161. The van der Waals surface area contributed by atoms with Crippen LogP contribution in [0.15, 0.2) is 72.9 Å². The molecule has 3 atom stereocenters. The lowest BCUT2D eigenvalue weighted by Gasteiger charge is -2.15. The molecule has 0 unspecified atom stereocenters. The van der Waals surface area contributed by atoms with E-state index in [0.717, 1.165) is 38.0 Å². The Morgan fingerprint density at radius 2 is 1.33 bits per heavy atom. The van der Waals surface area contributed by atoms with Gasteiger partial charge in [-0.15, -0.1) is 0 Å². The van der Waals surface area contributed by atoms with Crippen LogP contribution in [0.3, 0.4) is 0 Å². The van der Waals surface area contributed by atoms with E-state index in [1.807, 2.05) is 48.6 Å². The van der Waals surface area contributed by atoms with Gasteiger partial charge in [-0.2, -0.15) is 0 Å². The Morgan fingerprint density at radius 3 is 1.98 bits per heavy atom. The molecule has 0 amide bonds. The van der Waals surface area contributed by atoms with Gasteiger partial charge in [-0.1, -0.05) is 145 Å². The molecule has 0 saturated carbocycles. The largest absolute Gasteiger partial charge is 0.462 e. The van der Waals surface area contributed by atoms with Gasteiger partial charge in [-0.25, -0.2) is 0 Å². The smallest absolute Gasteiger partial charge is 0.306 e. The number of aliphatic hydroxyl groups is 3. The SMILES string of the molecule is CC/C=C\C[C@@H](O)/C=C/C=C\C/C=C\C=C\[C@@H](O)/C=C\CCCC(=O)OC[C@H](CO)OC(=O)CCCCCCCCCCC(C)C. The molecule has 0 fully saturated rings. The Bertz CT molecular complexity index is 913. The van der Waals surface area contributed by atoms with E-state index >= 15 is 0 Å². The van der Waals surface area contributed by atoms with E-state index in [2.05, 4.69) is 20.8 Å². The lowest BCUT2D eigenvalue weighted by atomic mass is 10.0. The number of ether oxygens (including phenoxy) is 2. The average Bonchev–Trinajstić information content (AvgIpc) is 3.02. The minimum atomic E-state index is -0.844. The first-order valence-electron chi connectivity index (χ1n) is 17.6. The highest BCUT2D eigenvalue weighted by Gasteiger charge is 2.16. The zero-order valence-electron chi connectivity index (χ0n) is 28.9. The summed E-state index contributed by atoms with van der Waals surface area (Å²) in [6.45, 7) is 6.04. The maximum absolute atomic E-state index is 12.1. The molecule has 7 heteroatoms. The van der Waals surface area contributed by atoms with E-state index in [1.54, 1.807) is 24.3 Å². The molecular weight excluding hydrogens is 580 g/mol. The Hall–Kier alpha value is -2.74. The fraction of sp³-hybridized carbons (Fsp3) is 0.641. The molecule has 0 aliphatic rings. The van der Waals surface area contributed by atoms with Crippen LogP contribution in [0.5, 0.6) is 0 Å². The van der Waals surface area contributed by atoms with Crippen molar-refractivity contribution in [3.8, 4) is 0 Å². The van der Waals surface area contributed by atoms with E-state index in [4.69, 9.17) is 9.47 Å². The standard InChI is InChI=1S/C39H64O7/c1-4-5-18-26-35(41)27-20-14-10-8-11-15-21-28-36(42)29-22-17-24-30-38(43)45-33-37(32-40)46-39(44)31-23-16-12-7-6-9-13-19-25-34(2)3/h5,10-11,14-15,18,20-22,27-29,34-37,40-42H,4,6-9,12-13,16-17,19,23-26,30-33H2,1-3H3/b14-10-,15-11-,18-5-,27-20+,28-21+,29-22-/t35-,36-,37+/m1/s1. The molecule has 3 N–H and O–H groups in total. The molecular formula is C39H64O7. The summed E-state index contributed by atoms with van der Waals surface area (Å²) in [5.74, 6) is 0.00122. The molecule has 46 heavy (non-hydrogen) atoms. The Balaban J connectivity index is 3.92. The molecule has 0 bridgehead atoms. The van der Waals surface area contributed by atoms with Gasteiger partial charge in [0, 0.05) is 12.8 Å². The van der Waals surface area contributed by atoms with Crippen LogP contribution in [-0.4, -0.2) is 58.8 Å². The third kappa shape index (κ3) is 31.3. The fourth-order valence-electron chi connectivity index (χ4n) is 4.42. The van der Waals surface area contributed by atoms with Crippen molar-refractivity contribution < 1.29 is 34.4 Å². The molecule has 0 aromatic heterocycles. The summed E-state index contributed by atoms with van der Waals surface area (Å²) in [6.07, 6.45) is 34.7. The van der Waals surface area contributed by atoms with E-state index < -0.39 is 30.9 Å². The summed E-state index contributed by atoms with van der Waals surface area (Å²) in [7, 11) is 0. The van der Waals surface area contributed by atoms with Crippen LogP contribution in [0, 0.1) is 5.92 Å². The first-order valence-corrected chi connectivity index (χ1v) is 17.6. The maximum atomic E-state index is 12.1. The number of unbranched alkanes of at least 4 members (excludes halogenated alkanes) is 8. The second-order valence-electron chi connectivity index (χ2n) is 12.1. The molecule has 0 heterocycles. The first-order chi connectivity index (χ1) is 22.3. The summed E-state index contributed by atoms with van der Waals surface area (Å²) < 4.78 is 10.4. The van der Waals surface area contributed by atoms with Gasteiger partial charge < -0.3 is 24.8 Å². The average molecular weight is 645 g/mol. The number of esters is 2. The fourth-order valence-corrected chi connectivity index (χ4v) is 4.42. The first kappa shape index (κ1) is 43.3. The van der Waals surface area contributed by atoms with E-state index in [9.17, 15) is 24.9 Å². The van der Waals surface area contributed by atoms with E-state index in [1.165, 1.54) is 38.5 Å². The predicted molar refractivity (Wildman–Crippen MR) is 189 cm³/mol. The van der Waals surface area contributed by atoms with Crippen molar-refractivity contribution in [2.75, 3.05) is 13.2 Å². The lowest BCUT2D eigenvalue weighted by Crippen LogP contribution is -2.28. The zero-order chi connectivity index (χ0) is 34.1. The summed E-state index contributed by atoms with van der Waals surface area (Å²) >= 11 is 0. The monoisotopic (exact) mass is 644 g/mol. The summed E-state index contributed by atoms with van der Waals surface area (Å²) in [6, 6.07) is 0. The molecule has 0 radical (unpaired) electrons. The summed E-state index contributed by atoms with van der Waals surface area (Å²) in [4.78, 5) is 24.1. The number of aliphatic hydroxyl groups excluding tert-OH is 3. The van der Waals surface area contributed by atoms with Crippen molar-refractivity contribution in [1.82, 2.24) is 0 Å². The van der Waals surface area contributed by atoms with Crippen molar-refractivity contribution in [3.63, 3.8) is 0 Å². The van der Waals surface area contributed by atoms with Crippen molar-refractivity contribution in [2.24, 2.45) is 5.92 Å². The quantitative estimate of drug-likeness (QED) is 0.0324. The van der Waals surface area contributed by atoms with Gasteiger partial charge in [0.1, 0.15) is 6.61 Å². The minimum Gasteiger partial charge on any atom is -0.462 e. The highest BCUT2D eigenvalue weighted by atomic mass is 16.6. The third-order valence-electron chi connectivity index (χ3n) is 7.12. The van der Waals surface area contributed by atoms with Crippen LogP contribution in [0.2, 0.25) is 0 Å². The second-order valence-corrected chi connectivity index (χ2v) is 12.1. The molecule has 262 valence electrons. The number of allylic oxidation sites excluding steroid dienone is 8. The van der Waals surface area contributed by atoms with Crippen molar-refractivity contribution in [1.29, 1.82) is 0 Å². The number of carbonyl (C=O) groups excluding carboxylic acids is 2. The molecule has 0 aliphatic carbocycles. The van der Waals surface area contributed by atoms with E-state index in [0.29, 0.717) is 25.7 Å². The maximum Gasteiger partial charge on any atom is 0.306 e. The zero-order valence-corrected chi connectivity index (χ0v) is 28.9. The van der Waals surface area contributed by atoms with Crippen LogP contribution in [0.1, 0.15) is 124 Å². The highest BCUT2D eigenvalue weighted by Crippen LogP contribution is 2.13. The molecule has 0 aliphatic heterocycles. The normalized spacial score (nSPS) is 14.6. The minimum absolute atomic E-state index is 0.155. The number of hydrogen-bond donors (Lipinski definition) is 3.